The summed E-state index contributed by atoms with van der Waals surface area (Å²) >= 11 is 0. The molecule has 276 valence electrons. The van der Waals surface area contributed by atoms with Crippen molar-refractivity contribution >= 4 is 11.9 Å². The van der Waals surface area contributed by atoms with E-state index in [2.05, 4.69) is 119 Å². The third-order valence-corrected chi connectivity index (χ3v) is 10.7. The number of esters is 2. The smallest absolute Gasteiger partial charge is 0.343 e. The normalized spacial score (nSPS) is 15.2. The molecule has 4 heteroatoms. The van der Waals surface area contributed by atoms with E-state index in [0.717, 1.165) is 47.9 Å². The maximum absolute atomic E-state index is 13.5. The summed E-state index contributed by atoms with van der Waals surface area (Å²) in [5.74, 6) is 0.374. The Labute approximate surface area is 313 Å². The highest BCUT2D eigenvalue weighted by Crippen LogP contribution is 2.46. The third-order valence-electron chi connectivity index (χ3n) is 10.7. The van der Waals surface area contributed by atoms with Gasteiger partial charge in [-0.1, -0.05) is 139 Å². The number of rotatable bonds is 6. The zero-order valence-electron chi connectivity index (χ0n) is 33.8. The number of carbonyl (C=O) groups excluding carboxylic acids is 2. The molecule has 0 radical (unpaired) electrons. The number of benzene rings is 4. The van der Waals surface area contributed by atoms with E-state index in [1.807, 2.05) is 48.5 Å². The van der Waals surface area contributed by atoms with Gasteiger partial charge >= 0.3 is 11.9 Å². The van der Waals surface area contributed by atoms with Gasteiger partial charge in [-0.25, -0.2) is 9.59 Å². The van der Waals surface area contributed by atoms with Crippen molar-refractivity contribution in [1.29, 1.82) is 0 Å². The van der Waals surface area contributed by atoms with Crippen LogP contribution in [0.2, 0.25) is 0 Å². The number of hydrogen-bond donors (Lipinski definition) is 0. The molecule has 0 amide bonds. The molecule has 1 saturated carbocycles. The highest BCUT2D eigenvalue weighted by Gasteiger charge is 2.36. The van der Waals surface area contributed by atoms with Gasteiger partial charge in [0, 0.05) is 5.41 Å². The molecule has 52 heavy (non-hydrogen) atoms. The van der Waals surface area contributed by atoms with Gasteiger partial charge in [-0.2, -0.15) is 0 Å². The molecule has 1 fully saturated rings. The molecule has 4 nitrogen and oxygen atoms in total. The summed E-state index contributed by atoms with van der Waals surface area (Å²) in [6, 6.07) is 28.5. The lowest BCUT2D eigenvalue weighted by Crippen LogP contribution is -2.30. The number of carbonyl (C=O) groups is 2. The first kappa shape index (κ1) is 39.0. The van der Waals surface area contributed by atoms with Crippen LogP contribution in [0.3, 0.4) is 0 Å². The van der Waals surface area contributed by atoms with Crippen LogP contribution in [0.4, 0.5) is 0 Å². The van der Waals surface area contributed by atoms with Crippen LogP contribution in [0, 0.1) is 0 Å². The molecular formula is C48H60O4. The summed E-state index contributed by atoms with van der Waals surface area (Å²) in [6.45, 7) is 26.0. The van der Waals surface area contributed by atoms with Gasteiger partial charge in [-0.05, 0) is 116 Å². The number of ether oxygens (including phenoxy) is 2. The number of hydrogen-bond acceptors (Lipinski definition) is 4. The predicted octanol–water partition coefficient (Wildman–Crippen LogP) is 12.6. The van der Waals surface area contributed by atoms with Crippen LogP contribution in [-0.2, 0) is 27.1 Å². The molecule has 0 aliphatic heterocycles. The Bertz CT molecular complexity index is 1690. The molecule has 1 aliphatic rings. The molecule has 0 bridgehead atoms. The zero-order valence-corrected chi connectivity index (χ0v) is 33.8. The summed E-state index contributed by atoms with van der Waals surface area (Å²) in [4.78, 5) is 27.0. The molecule has 1 aliphatic carbocycles. The summed E-state index contributed by atoms with van der Waals surface area (Å²) in [7, 11) is 0. The lowest BCUT2D eigenvalue weighted by atomic mass is 9.65. The van der Waals surface area contributed by atoms with Crippen molar-refractivity contribution in [3.8, 4) is 11.5 Å². The van der Waals surface area contributed by atoms with Crippen LogP contribution in [-0.4, -0.2) is 11.9 Å². The van der Waals surface area contributed by atoms with Crippen LogP contribution in [0.5, 0.6) is 11.5 Å². The molecule has 0 heterocycles. The predicted molar refractivity (Wildman–Crippen MR) is 214 cm³/mol. The van der Waals surface area contributed by atoms with Gasteiger partial charge in [0.2, 0.25) is 0 Å². The fourth-order valence-corrected chi connectivity index (χ4v) is 7.14. The van der Waals surface area contributed by atoms with E-state index in [9.17, 15) is 9.59 Å². The fourth-order valence-electron chi connectivity index (χ4n) is 7.14. The van der Waals surface area contributed by atoms with Gasteiger partial charge < -0.3 is 9.47 Å². The summed E-state index contributed by atoms with van der Waals surface area (Å²) in [6.07, 6.45) is 5.52. The van der Waals surface area contributed by atoms with E-state index in [4.69, 9.17) is 9.47 Å². The van der Waals surface area contributed by atoms with Crippen LogP contribution in [0.25, 0.3) is 0 Å². The van der Waals surface area contributed by atoms with Crippen molar-refractivity contribution in [2.45, 2.75) is 142 Å². The second kappa shape index (κ2) is 14.3. The van der Waals surface area contributed by atoms with E-state index in [-0.39, 0.29) is 39.0 Å². The van der Waals surface area contributed by atoms with Gasteiger partial charge in [0.05, 0.1) is 11.1 Å². The van der Waals surface area contributed by atoms with Crippen LogP contribution in [0.15, 0.2) is 84.9 Å². The zero-order chi connectivity index (χ0) is 38.3. The van der Waals surface area contributed by atoms with Crippen molar-refractivity contribution in [2.75, 3.05) is 0 Å². The summed E-state index contributed by atoms with van der Waals surface area (Å²) in [5, 5.41) is 0. The minimum Gasteiger partial charge on any atom is -0.423 e. The lowest BCUT2D eigenvalue weighted by Gasteiger charge is -2.38. The Kier molecular flexibility index (Phi) is 10.8. The molecular weight excluding hydrogens is 641 g/mol. The highest BCUT2D eigenvalue weighted by molar-refractivity contribution is 5.92. The van der Waals surface area contributed by atoms with E-state index in [0.29, 0.717) is 22.6 Å². The quantitative estimate of drug-likeness (QED) is 0.148. The minimum atomic E-state index is -0.346. The molecule has 0 spiro atoms. The molecule has 0 N–H and O–H groups in total. The first-order chi connectivity index (χ1) is 24.1. The third kappa shape index (κ3) is 8.88. The maximum Gasteiger partial charge on any atom is 0.343 e. The molecule has 0 atom stereocenters. The second-order valence-electron chi connectivity index (χ2n) is 19.1. The van der Waals surface area contributed by atoms with E-state index in [1.165, 1.54) is 17.5 Å². The minimum absolute atomic E-state index is 0.0969. The summed E-state index contributed by atoms with van der Waals surface area (Å²) < 4.78 is 11.9. The Balaban J connectivity index is 1.37. The Hall–Kier alpha value is -4.18. The maximum atomic E-state index is 13.5. The molecule has 0 unspecified atom stereocenters. The highest BCUT2D eigenvalue weighted by atomic mass is 16.5. The monoisotopic (exact) mass is 700 g/mol. The van der Waals surface area contributed by atoms with Gasteiger partial charge in [0.15, 0.2) is 0 Å². The van der Waals surface area contributed by atoms with Crippen LogP contribution >= 0.6 is 0 Å². The molecule has 4 aromatic carbocycles. The second-order valence-corrected chi connectivity index (χ2v) is 19.1. The van der Waals surface area contributed by atoms with Crippen molar-refractivity contribution in [1.82, 2.24) is 0 Å². The topological polar surface area (TPSA) is 52.6 Å². The largest absolute Gasteiger partial charge is 0.423 e. The van der Waals surface area contributed by atoms with Gasteiger partial charge in [0.25, 0.3) is 0 Å². The van der Waals surface area contributed by atoms with E-state index in [1.54, 1.807) is 0 Å². The average molecular weight is 701 g/mol. The Morgan fingerprint density at radius 2 is 0.731 bits per heavy atom. The van der Waals surface area contributed by atoms with Crippen LogP contribution < -0.4 is 9.47 Å². The summed E-state index contributed by atoms with van der Waals surface area (Å²) in [5.41, 5.74) is 7.46. The van der Waals surface area contributed by atoms with Crippen molar-refractivity contribution in [2.24, 2.45) is 0 Å². The molecule has 0 aromatic heterocycles. The SMILES string of the molecule is CC(C)(C)c1cc(C(=O)Oc2ccc(C3(c4ccc(OC(=O)c5cc(C(C)(C)C)cc(C(C)(C)C)c5)cc4)CCCCC3)cc2)cc(C(C)(C)C)c1. The fraction of sp³-hybridized carbons (Fsp3) is 0.458. The van der Waals surface area contributed by atoms with Crippen molar-refractivity contribution in [3.63, 3.8) is 0 Å². The van der Waals surface area contributed by atoms with Gasteiger partial charge in [-0.15, -0.1) is 0 Å². The Morgan fingerprint density at radius 3 is 1.00 bits per heavy atom. The average Bonchev–Trinajstić information content (AvgIpc) is 3.07. The van der Waals surface area contributed by atoms with Gasteiger partial charge in [0.1, 0.15) is 11.5 Å². The molecule has 5 rings (SSSR count). The van der Waals surface area contributed by atoms with Crippen LogP contribution in [0.1, 0.15) is 169 Å². The first-order valence-corrected chi connectivity index (χ1v) is 19.0. The first-order valence-electron chi connectivity index (χ1n) is 19.0. The van der Waals surface area contributed by atoms with Gasteiger partial charge in [-0.3, -0.25) is 0 Å². The van der Waals surface area contributed by atoms with E-state index >= 15 is 0 Å². The van der Waals surface area contributed by atoms with Crippen molar-refractivity contribution < 1.29 is 19.1 Å². The Morgan fingerprint density at radius 1 is 0.442 bits per heavy atom. The van der Waals surface area contributed by atoms with Crippen molar-refractivity contribution in [3.05, 3.63) is 129 Å². The standard InChI is InChI=1S/C48H60O4/c1-44(2,3)36-26-32(27-37(30-36)45(4,5)6)42(49)51-40-20-16-34(17-21-40)48(24-14-13-15-25-48)35-18-22-41(23-19-35)52-43(50)33-28-38(46(7,8)9)31-39(29-33)47(10,11)12/h16-23,26-31H,13-15,24-25H2,1-12H3. The molecule has 0 saturated heterocycles. The lowest BCUT2D eigenvalue weighted by molar-refractivity contribution is 0.0724. The van der Waals surface area contributed by atoms with E-state index < -0.39 is 0 Å². The molecule has 4 aromatic rings.